The van der Waals surface area contributed by atoms with Gasteiger partial charge >= 0.3 is 5.97 Å². The van der Waals surface area contributed by atoms with Crippen LogP contribution in [0.2, 0.25) is 10.0 Å². The Morgan fingerprint density at radius 3 is 2.52 bits per heavy atom. The van der Waals surface area contributed by atoms with Gasteiger partial charge in [-0.15, -0.1) is 0 Å². The van der Waals surface area contributed by atoms with Crippen molar-refractivity contribution in [3.63, 3.8) is 0 Å². The lowest BCUT2D eigenvalue weighted by molar-refractivity contribution is 0.0515. The molecule has 0 amide bonds. The molecular formula is C15H10BrCl2NO2. The van der Waals surface area contributed by atoms with E-state index in [1.165, 1.54) is 0 Å². The minimum Gasteiger partial charge on any atom is -0.312 e. The van der Waals surface area contributed by atoms with Gasteiger partial charge in [0.05, 0.1) is 21.3 Å². The van der Waals surface area contributed by atoms with Crippen LogP contribution in [-0.4, -0.2) is 11.7 Å². The molecular weight excluding hydrogens is 377 g/mol. The first-order valence-electron chi connectivity index (χ1n) is 5.95. The van der Waals surface area contributed by atoms with Crippen molar-refractivity contribution < 1.29 is 9.63 Å². The molecule has 0 saturated heterocycles. The molecule has 0 N–H and O–H groups in total. The molecule has 0 aromatic heterocycles. The lowest BCUT2D eigenvalue weighted by Crippen LogP contribution is -2.04. The summed E-state index contributed by atoms with van der Waals surface area (Å²) in [6.45, 7) is 1.72. The first kappa shape index (κ1) is 16.0. The van der Waals surface area contributed by atoms with Gasteiger partial charge in [-0.05, 0) is 47.1 Å². The Hall–Kier alpha value is -1.36. The maximum atomic E-state index is 11.9. The first-order valence-corrected chi connectivity index (χ1v) is 7.50. The molecule has 108 valence electrons. The van der Waals surface area contributed by atoms with Crippen molar-refractivity contribution in [1.29, 1.82) is 0 Å². The summed E-state index contributed by atoms with van der Waals surface area (Å²) in [6.07, 6.45) is 0. The summed E-state index contributed by atoms with van der Waals surface area (Å²) in [5, 5.41) is 4.70. The van der Waals surface area contributed by atoms with Gasteiger partial charge < -0.3 is 4.84 Å². The largest absolute Gasteiger partial charge is 0.366 e. The van der Waals surface area contributed by atoms with E-state index in [-0.39, 0.29) is 0 Å². The Kier molecular flexibility index (Phi) is 5.39. The minimum atomic E-state index is -0.540. The monoisotopic (exact) mass is 385 g/mol. The van der Waals surface area contributed by atoms with Crippen molar-refractivity contribution in [3.8, 4) is 0 Å². The zero-order chi connectivity index (χ0) is 15.4. The topological polar surface area (TPSA) is 38.7 Å². The van der Waals surface area contributed by atoms with E-state index in [0.717, 1.165) is 5.56 Å². The number of carbonyl (C=O) groups excluding carboxylic acids is 1. The Labute approximate surface area is 140 Å². The lowest BCUT2D eigenvalue weighted by atomic mass is 10.1. The van der Waals surface area contributed by atoms with Crippen LogP contribution < -0.4 is 0 Å². The predicted molar refractivity (Wildman–Crippen MR) is 88.2 cm³/mol. The number of hydrogen-bond donors (Lipinski definition) is 0. The summed E-state index contributed by atoms with van der Waals surface area (Å²) in [5.41, 5.74) is 1.65. The van der Waals surface area contributed by atoms with Crippen molar-refractivity contribution in [1.82, 2.24) is 0 Å². The van der Waals surface area contributed by atoms with Crippen LogP contribution in [0.5, 0.6) is 0 Å². The van der Waals surface area contributed by atoms with Crippen LogP contribution in [0.25, 0.3) is 0 Å². The number of carbonyl (C=O) groups is 1. The van der Waals surface area contributed by atoms with Crippen molar-refractivity contribution in [2.75, 3.05) is 0 Å². The first-order chi connectivity index (χ1) is 9.99. The third kappa shape index (κ3) is 4.06. The molecule has 21 heavy (non-hydrogen) atoms. The van der Waals surface area contributed by atoms with E-state index >= 15 is 0 Å². The molecule has 0 atom stereocenters. The van der Waals surface area contributed by atoms with Crippen LogP contribution >= 0.6 is 39.1 Å². The van der Waals surface area contributed by atoms with Gasteiger partial charge in [0.1, 0.15) is 0 Å². The fourth-order valence-electron chi connectivity index (χ4n) is 1.56. The summed E-state index contributed by atoms with van der Waals surface area (Å²) in [7, 11) is 0. The van der Waals surface area contributed by atoms with Gasteiger partial charge in [-0.1, -0.05) is 46.6 Å². The Morgan fingerprint density at radius 2 is 1.86 bits per heavy atom. The average molecular weight is 387 g/mol. The second kappa shape index (κ2) is 7.07. The third-order valence-corrected chi connectivity index (χ3v) is 4.13. The summed E-state index contributed by atoms with van der Waals surface area (Å²) in [4.78, 5) is 16.9. The molecule has 0 radical (unpaired) electrons. The number of rotatable bonds is 3. The Morgan fingerprint density at radius 1 is 1.14 bits per heavy atom. The van der Waals surface area contributed by atoms with Gasteiger partial charge in [0.2, 0.25) is 0 Å². The molecule has 2 aromatic carbocycles. The quantitative estimate of drug-likeness (QED) is 0.405. The van der Waals surface area contributed by atoms with Crippen molar-refractivity contribution in [2.24, 2.45) is 5.16 Å². The Balaban J connectivity index is 2.15. The minimum absolute atomic E-state index is 0.406. The molecule has 3 nitrogen and oxygen atoms in total. The van der Waals surface area contributed by atoms with Gasteiger partial charge in [0.15, 0.2) is 0 Å². The second-order valence-corrected chi connectivity index (χ2v) is 5.83. The number of benzene rings is 2. The van der Waals surface area contributed by atoms with E-state index < -0.39 is 5.97 Å². The molecule has 2 aromatic rings. The molecule has 0 fully saturated rings. The van der Waals surface area contributed by atoms with Gasteiger partial charge in [-0.25, -0.2) is 4.79 Å². The predicted octanol–water partition coefficient (Wildman–Crippen LogP) is 5.34. The highest BCUT2D eigenvalue weighted by molar-refractivity contribution is 9.10. The van der Waals surface area contributed by atoms with E-state index in [9.17, 15) is 4.79 Å². The number of halogens is 3. The molecule has 6 heteroatoms. The molecule has 0 heterocycles. The smallest absolute Gasteiger partial charge is 0.312 e. The van der Waals surface area contributed by atoms with Crippen molar-refractivity contribution in [2.45, 2.75) is 6.92 Å². The van der Waals surface area contributed by atoms with Gasteiger partial charge in [-0.3, -0.25) is 0 Å². The molecule has 2 rings (SSSR count). The van der Waals surface area contributed by atoms with Crippen molar-refractivity contribution in [3.05, 3.63) is 68.1 Å². The summed E-state index contributed by atoms with van der Waals surface area (Å²) >= 11 is 15.1. The molecule has 0 unspecified atom stereocenters. The fourth-order valence-corrected chi connectivity index (χ4v) is 2.30. The summed E-state index contributed by atoms with van der Waals surface area (Å²) in [5.74, 6) is -0.540. The van der Waals surface area contributed by atoms with E-state index in [1.54, 1.807) is 43.3 Å². The van der Waals surface area contributed by atoms with Crippen LogP contribution in [0.3, 0.4) is 0 Å². The van der Waals surface area contributed by atoms with Crippen LogP contribution in [0, 0.1) is 0 Å². The Bertz CT molecular complexity index is 717. The summed E-state index contributed by atoms with van der Waals surface area (Å²) < 4.78 is 0.650. The van der Waals surface area contributed by atoms with Gasteiger partial charge in [0, 0.05) is 10.0 Å². The highest BCUT2D eigenvalue weighted by Gasteiger charge is 2.11. The maximum Gasteiger partial charge on any atom is 0.366 e. The molecule has 0 aliphatic carbocycles. The van der Waals surface area contributed by atoms with E-state index in [4.69, 9.17) is 28.0 Å². The summed E-state index contributed by atoms with van der Waals surface area (Å²) in [6, 6.07) is 12.0. The molecule has 0 bridgehead atoms. The molecule has 0 aliphatic heterocycles. The maximum absolute atomic E-state index is 11.9. The molecule has 0 spiro atoms. The standard InChI is InChI=1S/C15H10BrCl2NO2/c1-9(10-6-7-13(17)14(18)8-10)19-21-15(20)11-4-2-3-5-12(11)16/h2-8H,1H3. The van der Waals surface area contributed by atoms with Crippen molar-refractivity contribution >= 4 is 50.8 Å². The zero-order valence-electron chi connectivity index (χ0n) is 10.9. The van der Waals surface area contributed by atoms with Gasteiger partial charge in [0.25, 0.3) is 0 Å². The number of oxime groups is 1. The van der Waals surface area contributed by atoms with Crippen LogP contribution in [0.15, 0.2) is 52.1 Å². The zero-order valence-corrected chi connectivity index (χ0v) is 14.0. The van der Waals surface area contributed by atoms with E-state index in [0.29, 0.717) is 25.8 Å². The molecule has 0 aliphatic rings. The SMILES string of the molecule is CC(=NOC(=O)c1ccccc1Br)c1ccc(Cl)c(Cl)c1. The highest BCUT2D eigenvalue weighted by atomic mass is 79.9. The van der Waals surface area contributed by atoms with E-state index in [1.807, 2.05) is 6.07 Å². The van der Waals surface area contributed by atoms with Crippen LogP contribution in [0.4, 0.5) is 0 Å². The average Bonchev–Trinajstić information content (AvgIpc) is 2.47. The third-order valence-electron chi connectivity index (χ3n) is 2.70. The molecule has 0 saturated carbocycles. The second-order valence-electron chi connectivity index (χ2n) is 4.16. The van der Waals surface area contributed by atoms with E-state index in [2.05, 4.69) is 21.1 Å². The lowest BCUT2D eigenvalue weighted by Gasteiger charge is -2.04. The van der Waals surface area contributed by atoms with Crippen LogP contribution in [0.1, 0.15) is 22.8 Å². The van der Waals surface area contributed by atoms with Crippen LogP contribution in [-0.2, 0) is 4.84 Å². The normalized spacial score (nSPS) is 11.3. The fraction of sp³-hybridized carbons (Fsp3) is 0.0667. The van der Waals surface area contributed by atoms with Gasteiger partial charge in [-0.2, -0.15) is 0 Å². The highest BCUT2D eigenvalue weighted by Crippen LogP contribution is 2.23. The number of nitrogens with zero attached hydrogens (tertiary/aromatic N) is 1. The number of hydrogen-bond acceptors (Lipinski definition) is 3.